The van der Waals surface area contributed by atoms with E-state index in [9.17, 15) is 4.79 Å². The quantitative estimate of drug-likeness (QED) is 0.814. The standard InChI is InChI=1S/C15H15Cl2NO3S/c1-20-14(10-4-5-22-9-10)7-18-15(19)8-21-13-3-2-11(16)6-12(13)17/h2-6,9,14H,7-8H2,1H3,(H,18,19). The molecule has 1 amide bonds. The second kappa shape index (κ2) is 8.39. The van der Waals surface area contributed by atoms with Crippen molar-refractivity contribution in [3.8, 4) is 5.75 Å². The topological polar surface area (TPSA) is 47.6 Å². The molecule has 1 heterocycles. The van der Waals surface area contributed by atoms with E-state index in [2.05, 4.69) is 5.32 Å². The number of benzene rings is 1. The molecule has 0 aliphatic carbocycles. The SMILES string of the molecule is COC(CNC(=O)COc1ccc(Cl)cc1Cl)c1ccsc1. The van der Waals surface area contributed by atoms with Crippen molar-refractivity contribution in [2.75, 3.05) is 20.3 Å². The van der Waals surface area contributed by atoms with E-state index in [4.69, 9.17) is 32.7 Å². The smallest absolute Gasteiger partial charge is 0.258 e. The third-order valence-electron chi connectivity index (χ3n) is 2.94. The first-order valence-electron chi connectivity index (χ1n) is 6.49. The van der Waals surface area contributed by atoms with Crippen LogP contribution in [-0.4, -0.2) is 26.2 Å². The second-order valence-electron chi connectivity index (χ2n) is 4.45. The summed E-state index contributed by atoms with van der Waals surface area (Å²) in [5.74, 6) is 0.172. The molecule has 1 atom stereocenters. The first-order valence-corrected chi connectivity index (χ1v) is 8.19. The number of carbonyl (C=O) groups is 1. The van der Waals surface area contributed by atoms with E-state index in [0.29, 0.717) is 22.3 Å². The number of methoxy groups -OCH3 is 1. The molecule has 1 aromatic carbocycles. The number of ether oxygens (including phenoxy) is 2. The van der Waals surface area contributed by atoms with Gasteiger partial charge in [-0.25, -0.2) is 0 Å². The van der Waals surface area contributed by atoms with E-state index in [1.54, 1.807) is 36.6 Å². The van der Waals surface area contributed by atoms with Crippen molar-refractivity contribution < 1.29 is 14.3 Å². The van der Waals surface area contributed by atoms with Gasteiger partial charge < -0.3 is 14.8 Å². The Hall–Kier alpha value is -1.27. The minimum atomic E-state index is -0.247. The lowest BCUT2D eigenvalue weighted by Gasteiger charge is -2.15. The molecule has 2 aromatic rings. The molecule has 2 rings (SSSR count). The lowest BCUT2D eigenvalue weighted by Crippen LogP contribution is -2.32. The Morgan fingerprint density at radius 1 is 1.36 bits per heavy atom. The molecule has 0 saturated heterocycles. The first kappa shape index (κ1) is 17.1. The second-order valence-corrected chi connectivity index (χ2v) is 6.07. The summed E-state index contributed by atoms with van der Waals surface area (Å²) in [5.41, 5.74) is 1.04. The summed E-state index contributed by atoms with van der Waals surface area (Å²) in [7, 11) is 1.61. The molecule has 1 N–H and O–H groups in total. The number of halogens is 2. The summed E-state index contributed by atoms with van der Waals surface area (Å²) >= 11 is 13.4. The molecular weight excluding hydrogens is 345 g/mol. The Labute approximate surface area is 142 Å². The molecule has 7 heteroatoms. The fraction of sp³-hybridized carbons (Fsp3) is 0.267. The highest BCUT2D eigenvalue weighted by atomic mass is 35.5. The molecule has 0 radical (unpaired) electrons. The number of hydrogen-bond acceptors (Lipinski definition) is 4. The highest BCUT2D eigenvalue weighted by molar-refractivity contribution is 7.07. The molecule has 0 bridgehead atoms. The molecule has 1 aromatic heterocycles. The average Bonchev–Trinajstić information content (AvgIpc) is 3.01. The van der Waals surface area contributed by atoms with Crippen LogP contribution >= 0.6 is 34.5 Å². The maximum Gasteiger partial charge on any atom is 0.258 e. The summed E-state index contributed by atoms with van der Waals surface area (Å²) in [4.78, 5) is 11.8. The normalized spacial score (nSPS) is 12.0. The van der Waals surface area contributed by atoms with Crippen LogP contribution < -0.4 is 10.1 Å². The minimum Gasteiger partial charge on any atom is -0.482 e. The number of hydrogen-bond donors (Lipinski definition) is 1. The minimum absolute atomic E-state index is 0.124. The molecule has 4 nitrogen and oxygen atoms in total. The average molecular weight is 360 g/mol. The Morgan fingerprint density at radius 3 is 2.82 bits per heavy atom. The summed E-state index contributed by atoms with van der Waals surface area (Å²) in [6, 6.07) is 6.81. The zero-order valence-electron chi connectivity index (χ0n) is 11.8. The maximum atomic E-state index is 11.8. The van der Waals surface area contributed by atoms with Crippen LogP contribution in [0.2, 0.25) is 10.0 Å². The van der Waals surface area contributed by atoms with Crippen molar-refractivity contribution in [1.82, 2.24) is 5.32 Å². The van der Waals surface area contributed by atoms with Crippen LogP contribution in [0.5, 0.6) is 5.75 Å². The maximum absolute atomic E-state index is 11.8. The van der Waals surface area contributed by atoms with Crippen molar-refractivity contribution in [2.45, 2.75) is 6.10 Å². The van der Waals surface area contributed by atoms with Gasteiger partial charge in [-0.1, -0.05) is 23.2 Å². The van der Waals surface area contributed by atoms with Gasteiger partial charge in [-0.3, -0.25) is 4.79 Å². The molecule has 0 aliphatic heterocycles. The Kier molecular flexibility index (Phi) is 6.51. The lowest BCUT2D eigenvalue weighted by molar-refractivity contribution is -0.123. The van der Waals surface area contributed by atoms with Crippen LogP contribution in [0.1, 0.15) is 11.7 Å². The molecule has 0 fully saturated rings. The van der Waals surface area contributed by atoms with E-state index in [0.717, 1.165) is 5.56 Å². The van der Waals surface area contributed by atoms with E-state index >= 15 is 0 Å². The fourth-order valence-electron chi connectivity index (χ4n) is 1.79. The number of rotatable bonds is 7. The van der Waals surface area contributed by atoms with E-state index in [1.807, 2.05) is 16.8 Å². The molecular formula is C15H15Cl2NO3S. The first-order chi connectivity index (χ1) is 10.6. The van der Waals surface area contributed by atoms with Crippen molar-refractivity contribution in [3.05, 3.63) is 50.6 Å². The van der Waals surface area contributed by atoms with Gasteiger partial charge in [0.15, 0.2) is 6.61 Å². The van der Waals surface area contributed by atoms with E-state index in [-0.39, 0.29) is 18.6 Å². The third kappa shape index (κ3) is 4.88. The Balaban J connectivity index is 1.80. The number of nitrogens with one attached hydrogen (secondary N) is 1. The van der Waals surface area contributed by atoms with Gasteiger partial charge in [0, 0.05) is 18.7 Å². The van der Waals surface area contributed by atoms with Gasteiger partial charge in [0.2, 0.25) is 0 Å². The fourth-order valence-corrected chi connectivity index (χ4v) is 2.95. The predicted octanol–water partition coefficient (Wildman–Crippen LogP) is 3.94. The van der Waals surface area contributed by atoms with E-state index < -0.39 is 0 Å². The monoisotopic (exact) mass is 359 g/mol. The van der Waals surface area contributed by atoms with Crippen LogP contribution in [0.25, 0.3) is 0 Å². The van der Waals surface area contributed by atoms with Crippen molar-refractivity contribution in [2.24, 2.45) is 0 Å². The van der Waals surface area contributed by atoms with E-state index in [1.165, 1.54) is 0 Å². The van der Waals surface area contributed by atoms with Crippen LogP contribution in [0.3, 0.4) is 0 Å². The van der Waals surface area contributed by atoms with Crippen molar-refractivity contribution in [3.63, 3.8) is 0 Å². The van der Waals surface area contributed by atoms with Crippen molar-refractivity contribution in [1.29, 1.82) is 0 Å². The van der Waals surface area contributed by atoms with Gasteiger partial charge >= 0.3 is 0 Å². The largest absolute Gasteiger partial charge is 0.482 e. The Bertz CT molecular complexity index is 619. The van der Waals surface area contributed by atoms with Crippen LogP contribution in [0.4, 0.5) is 0 Å². The zero-order valence-corrected chi connectivity index (χ0v) is 14.2. The summed E-state index contributed by atoms with van der Waals surface area (Å²) in [6.07, 6.45) is -0.172. The van der Waals surface area contributed by atoms with Gasteiger partial charge in [-0.05, 0) is 40.6 Å². The van der Waals surface area contributed by atoms with Gasteiger partial charge in [0.25, 0.3) is 5.91 Å². The number of amides is 1. The summed E-state index contributed by atoms with van der Waals surface area (Å²) in [6.45, 7) is 0.255. The number of carbonyl (C=O) groups excluding carboxylic acids is 1. The Morgan fingerprint density at radius 2 is 2.18 bits per heavy atom. The molecule has 0 aliphatic rings. The van der Waals surface area contributed by atoms with Crippen molar-refractivity contribution >= 4 is 40.4 Å². The highest BCUT2D eigenvalue weighted by Gasteiger charge is 2.13. The summed E-state index contributed by atoms with van der Waals surface area (Å²) in [5, 5.41) is 7.61. The van der Waals surface area contributed by atoms with Gasteiger partial charge in [0.1, 0.15) is 11.9 Å². The van der Waals surface area contributed by atoms with Crippen LogP contribution in [0, 0.1) is 0 Å². The van der Waals surface area contributed by atoms with Crippen LogP contribution in [0.15, 0.2) is 35.0 Å². The molecule has 1 unspecified atom stereocenters. The zero-order chi connectivity index (χ0) is 15.9. The molecule has 0 saturated carbocycles. The van der Waals surface area contributed by atoms with Crippen LogP contribution in [-0.2, 0) is 9.53 Å². The lowest BCUT2D eigenvalue weighted by atomic mass is 10.2. The highest BCUT2D eigenvalue weighted by Crippen LogP contribution is 2.27. The third-order valence-corrected chi connectivity index (χ3v) is 4.17. The number of thiophene rings is 1. The van der Waals surface area contributed by atoms with Gasteiger partial charge in [-0.2, -0.15) is 11.3 Å². The predicted molar refractivity (Wildman–Crippen MR) is 89.0 cm³/mol. The molecule has 0 spiro atoms. The van der Waals surface area contributed by atoms with Gasteiger partial charge in [0.05, 0.1) is 5.02 Å². The molecule has 118 valence electrons. The molecule has 22 heavy (non-hydrogen) atoms. The summed E-state index contributed by atoms with van der Waals surface area (Å²) < 4.78 is 10.7. The van der Waals surface area contributed by atoms with Gasteiger partial charge in [-0.15, -0.1) is 0 Å².